The number of aryl methyl sites for hydroxylation is 2. The monoisotopic (exact) mass is 182 g/mol. The van der Waals surface area contributed by atoms with Crippen molar-refractivity contribution in [3.05, 3.63) is 17.5 Å². The van der Waals surface area contributed by atoms with Gasteiger partial charge in [0.1, 0.15) is 0 Å². The van der Waals surface area contributed by atoms with Gasteiger partial charge in [0.2, 0.25) is 0 Å². The summed E-state index contributed by atoms with van der Waals surface area (Å²) >= 11 is 0. The second kappa shape index (κ2) is 4.44. The Balaban J connectivity index is 2.84. The smallest absolute Gasteiger partial charge is 0.427 e. The van der Waals surface area contributed by atoms with E-state index in [-0.39, 0.29) is 6.32 Å². The van der Waals surface area contributed by atoms with E-state index >= 15 is 0 Å². The van der Waals surface area contributed by atoms with Crippen LogP contribution >= 0.6 is 0 Å². The summed E-state index contributed by atoms with van der Waals surface area (Å²) in [6, 6.07) is 1.92. The summed E-state index contributed by atoms with van der Waals surface area (Å²) in [4.78, 5) is 0. The Kier molecular flexibility index (Phi) is 3.51. The van der Waals surface area contributed by atoms with Gasteiger partial charge in [-0.1, -0.05) is 6.92 Å². The zero-order chi connectivity index (χ0) is 9.84. The van der Waals surface area contributed by atoms with Crippen LogP contribution < -0.4 is 0 Å². The number of nitrogens with zero attached hydrogens (tertiary/aromatic N) is 2. The van der Waals surface area contributed by atoms with E-state index in [0.717, 1.165) is 24.4 Å². The molecule has 1 aromatic heterocycles. The lowest BCUT2D eigenvalue weighted by atomic mass is 9.84. The molecule has 0 amide bonds. The number of aromatic nitrogens is 2. The van der Waals surface area contributed by atoms with E-state index in [9.17, 15) is 0 Å². The van der Waals surface area contributed by atoms with Crippen LogP contribution in [0.15, 0.2) is 6.07 Å². The highest BCUT2D eigenvalue weighted by Crippen LogP contribution is 2.06. The van der Waals surface area contributed by atoms with Crippen molar-refractivity contribution in [3.63, 3.8) is 0 Å². The molecular weight excluding hydrogens is 167 g/mol. The lowest BCUT2D eigenvalue weighted by Crippen LogP contribution is -2.18. The standard InChI is InChI=1S/C8H15BN2O2/c1-3-7-5-8(6-9(12)13)11(4-2)10-7/h5,12-13H,3-4,6H2,1-2H3. The third kappa shape index (κ3) is 2.57. The summed E-state index contributed by atoms with van der Waals surface area (Å²) in [6.45, 7) is 4.78. The van der Waals surface area contributed by atoms with Crippen LogP contribution in [0.3, 0.4) is 0 Å². The maximum Gasteiger partial charge on any atom is 0.457 e. The highest BCUT2D eigenvalue weighted by atomic mass is 16.4. The molecule has 2 N–H and O–H groups in total. The molecule has 5 heteroatoms. The Morgan fingerprint density at radius 3 is 2.62 bits per heavy atom. The summed E-state index contributed by atoms with van der Waals surface area (Å²) in [6.07, 6.45) is 1.13. The summed E-state index contributed by atoms with van der Waals surface area (Å²) in [5, 5.41) is 21.9. The van der Waals surface area contributed by atoms with E-state index in [0.29, 0.717) is 0 Å². The lowest BCUT2D eigenvalue weighted by Gasteiger charge is -2.02. The predicted molar refractivity (Wildman–Crippen MR) is 51.2 cm³/mol. The molecule has 4 nitrogen and oxygen atoms in total. The van der Waals surface area contributed by atoms with Crippen LogP contribution in [-0.2, 0) is 19.3 Å². The first kappa shape index (κ1) is 10.3. The van der Waals surface area contributed by atoms with Crippen LogP contribution in [0.1, 0.15) is 25.2 Å². The first-order valence-corrected chi connectivity index (χ1v) is 4.59. The lowest BCUT2D eigenvalue weighted by molar-refractivity contribution is 0.402. The van der Waals surface area contributed by atoms with Gasteiger partial charge < -0.3 is 10.0 Å². The molecule has 0 fully saturated rings. The fourth-order valence-corrected chi connectivity index (χ4v) is 1.31. The Hall–Kier alpha value is -0.805. The van der Waals surface area contributed by atoms with E-state index in [4.69, 9.17) is 10.0 Å². The minimum atomic E-state index is -1.29. The van der Waals surface area contributed by atoms with Gasteiger partial charge in [-0.15, -0.1) is 0 Å². The van der Waals surface area contributed by atoms with Crippen LogP contribution in [0.4, 0.5) is 0 Å². The number of rotatable bonds is 4. The molecule has 0 saturated heterocycles. The van der Waals surface area contributed by atoms with Crippen molar-refractivity contribution in [2.24, 2.45) is 0 Å². The molecule has 0 radical (unpaired) electrons. The molecule has 0 aliphatic heterocycles. The molecule has 1 heterocycles. The Bertz CT molecular complexity index is 273. The van der Waals surface area contributed by atoms with E-state index < -0.39 is 7.12 Å². The summed E-state index contributed by atoms with van der Waals surface area (Å²) in [5.74, 6) is 0. The molecule has 13 heavy (non-hydrogen) atoms. The topological polar surface area (TPSA) is 58.3 Å². The van der Waals surface area contributed by atoms with E-state index in [1.807, 2.05) is 19.9 Å². The molecule has 0 bridgehead atoms. The number of hydrogen-bond donors (Lipinski definition) is 2. The molecule has 0 unspecified atom stereocenters. The van der Waals surface area contributed by atoms with Crippen molar-refractivity contribution in [1.29, 1.82) is 0 Å². The van der Waals surface area contributed by atoms with E-state index in [1.165, 1.54) is 0 Å². The Labute approximate surface area is 78.3 Å². The Morgan fingerprint density at radius 2 is 2.15 bits per heavy atom. The third-order valence-electron chi connectivity index (χ3n) is 1.97. The van der Waals surface area contributed by atoms with Crippen LogP contribution in [0.25, 0.3) is 0 Å². The van der Waals surface area contributed by atoms with Crippen LogP contribution in [-0.4, -0.2) is 26.9 Å². The van der Waals surface area contributed by atoms with Crippen molar-refractivity contribution in [3.8, 4) is 0 Å². The summed E-state index contributed by atoms with van der Waals surface area (Å²) in [5.41, 5.74) is 1.88. The van der Waals surface area contributed by atoms with Crippen molar-refractivity contribution in [2.45, 2.75) is 33.1 Å². The average Bonchev–Trinajstić information content (AvgIpc) is 2.46. The van der Waals surface area contributed by atoms with Gasteiger partial charge in [-0.2, -0.15) is 5.10 Å². The van der Waals surface area contributed by atoms with Gasteiger partial charge in [-0.05, 0) is 19.4 Å². The van der Waals surface area contributed by atoms with Gasteiger partial charge in [-0.25, -0.2) is 0 Å². The fraction of sp³-hybridized carbons (Fsp3) is 0.625. The second-order valence-electron chi connectivity index (χ2n) is 2.98. The fourth-order valence-electron chi connectivity index (χ4n) is 1.31. The molecule has 0 spiro atoms. The minimum Gasteiger partial charge on any atom is -0.427 e. The average molecular weight is 182 g/mol. The second-order valence-corrected chi connectivity index (χ2v) is 2.98. The van der Waals surface area contributed by atoms with Gasteiger partial charge in [-0.3, -0.25) is 4.68 Å². The van der Waals surface area contributed by atoms with Gasteiger partial charge in [0, 0.05) is 18.6 Å². The van der Waals surface area contributed by atoms with Crippen molar-refractivity contribution in [1.82, 2.24) is 9.78 Å². The molecule has 0 aliphatic carbocycles. The highest BCUT2D eigenvalue weighted by Gasteiger charge is 2.13. The molecule has 72 valence electrons. The zero-order valence-electron chi connectivity index (χ0n) is 8.06. The van der Waals surface area contributed by atoms with E-state index in [2.05, 4.69) is 5.10 Å². The SMILES string of the molecule is CCc1cc(CB(O)O)n(CC)n1. The van der Waals surface area contributed by atoms with Crippen molar-refractivity contribution in [2.75, 3.05) is 0 Å². The quantitative estimate of drug-likeness (QED) is 0.645. The molecule has 1 rings (SSSR count). The molecule has 1 aromatic rings. The first-order valence-electron chi connectivity index (χ1n) is 4.59. The predicted octanol–water partition coefficient (Wildman–Crippen LogP) is 0.0199. The van der Waals surface area contributed by atoms with Crippen molar-refractivity contribution < 1.29 is 10.0 Å². The zero-order valence-corrected chi connectivity index (χ0v) is 8.06. The molecule has 0 atom stereocenters. The maximum atomic E-state index is 8.82. The van der Waals surface area contributed by atoms with Gasteiger partial charge in [0.25, 0.3) is 0 Å². The van der Waals surface area contributed by atoms with Crippen LogP contribution in [0.2, 0.25) is 0 Å². The largest absolute Gasteiger partial charge is 0.457 e. The summed E-state index contributed by atoms with van der Waals surface area (Å²) < 4.78 is 1.80. The summed E-state index contributed by atoms with van der Waals surface area (Å²) in [7, 11) is -1.29. The number of hydrogen-bond acceptors (Lipinski definition) is 3. The molecule has 0 aliphatic rings. The Morgan fingerprint density at radius 1 is 1.46 bits per heavy atom. The minimum absolute atomic E-state index is 0.251. The van der Waals surface area contributed by atoms with Crippen LogP contribution in [0.5, 0.6) is 0 Å². The van der Waals surface area contributed by atoms with Gasteiger partial charge in [0.15, 0.2) is 0 Å². The molecule has 0 saturated carbocycles. The normalized spacial score (nSPS) is 10.5. The molecule has 0 aromatic carbocycles. The van der Waals surface area contributed by atoms with E-state index in [1.54, 1.807) is 4.68 Å². The van der Waals surface area contributed by atoms with Gasteiger partial charge in [0.05, 0.1) is 5.69 Å². The molecular formula is C8H15BN2O2. The first-order chi connectivity index (χ1) is 6.17. The third-order valence-corrected chi connectivity index (χ3v) is 1.97. The van der Waals surface area contributed by atoms with Crippen molar-refractivity contribution >= 4 is 7.12 Å². The maximum absolute atomic E-state index is 8.82. The van der Waals surface area contributed by atoms with Gasteiger partial charge >= 0.3 is 7.12 Å². The highest BCUT2D eigenvalue weighted by molar-refractivity contribution is 6.40. The van der Waals surface area contributed by atoms with Crippen LogP contribution in [0, 0.1) is 0 Å².